The molecule has 0 unspecified atom stereocenters. The zero-order valence-corrected chi connectivity index (χ0v) is 16.9. The molecule has 150 valence electrons. The normalized spacial score (nSPS) is 11.1. The van der Waals surface area contributed by atoms with Gasteiger partial charge in [0.2, 0.25) is 5.95 Å². The second-order valence-corrected chi connectivity index (χ2v) is 7.44. The Labute approximate surface area is 176 Å². The van der Waals surface area contributed by atoms with E-state index in [1.807, 2.05) is 34.3 Å². The van der Waals surface area contributed by atoms with E-state index in [2.05, 4.69) is 20.3 Å². The number of carbonyl (C=O) groups is 1. The highest BCUT2D eigenvalue weighted by Crippen LogP contribution is 2.19. The minimum atomic E-state index is -0.488. The summed E-state index contributed by atoms with van der Waals surface area (Å²) in [7, 11) is 0. The number of nitrogens with one attached hydrogen (secondary N) is 1. The van der Waals surface area contributed by atoms with Crippen LogP contribution in [0.5, 0.6) is 0 Å². The average molecular weight is 419 g/mol. The van der Waals surface area contributed by atoms with E-state index in [0.717, 1.165) is 5.56 Å². The molecule has 0 saturated carbocycles. The molecular weight excluding hydrogens is 401 g/mol. The minimum absolute atomic E-state index is 0.235. The number of nitrogens with zero attached hydrogens (tertiary/aromatic N) is 4. The van der Waals surface area contributed by atoms with E-state index in [1.165, 1.54) is 11.3 Å². The van der Waals surface area contributed by atoms with Gasteiger partial charge in [-0.3, -0.25) is 15.1 Å². The third kappa shape index (κ3) is 4.66. The van der Waals surface area contributed by atoms with Gasteiger partial charge in [-0.2, -0.15) is 4.39 Å². The molecule has 4 rings (SSSR count). The molecule has 1 N–H and O–H groups in total. The summed E-state index contributed by atoms with van der Waals surface area (Å²) >= 11 is 1.32. The van der Waals surface area contributed by atoms with E-state index in [0.29, 0.717) is 34.3 Å². The highest BCUT2D eigenvalue weighted by molar-refractivity contribution is 7.14. The zero-order chi connectivity index (χ0) is 20.9. The van der Waals surface area contributed by atoms with Crippen molar-refractivity contribution in [2.24, 2.45) is 0 Å². The van der Waals surface area contributed by atoms with E-state index in [-0.39, 0.29) is 5.91 Å². The Morgan fingerprint density at radius 3 is 2.73 bits per heavy atom. The molecule has 30 heavy (non-hydrogen) atoms. The molecule has 0 aromatic carbocycles. The van der Waals surface area contributed by atoms with Crippen LogP contribution in [-0.2, 0) is 6.54 Å². The van der Waals surface area contributed by atoms with Crippen molar-refractivity contribution in [3.8, 4) is 0 Å². The maximum atomic E-state index is 13.5. The molecule has 0 fully saturated rings. The van der Waals surface area contributed by atoms with Crippen LogP contribution in [0.15, 0.2) is 60.4 Å². The van der Waals surface area contributed by atoms with Crippen molar-refractivity contribution in [1.29, 1.82) is 0 Å². The number of hydrogen-bond acceptors (Lipinski definition) is 5. The fraction of sp³-hybridized carbons (Fsp3) is 0.0909. The van der Waals surface area contributed by atoms with E-state index in [9.17, 15) is 9.18 Å². The topological polar surface area (TPSA) is 72.7 Å². The molecule has 0 aliphatic carbocycles. The first-order valence-electron chi connectivity index (χ1n) is 9.20. The summed E-state index contributed by atoms with van der Waals surface area (Å²) in [4.78, 5) is 25.0. The van der Waals surface area contributed by atoms with Crippen molar-refractivity contribution >= 4 is 34.5 Å². The lowest BCUT2D eigenvalue weighted by Gasteiger charge is -2.08. The number of thiazole rings is 1. The smallest absolute Gasteiger partial charge is 0.274 e. The van der Waals surface area contributed by atoms with Crippen molar-refractivity contribution in [3.05, 3.63) is 94.5 Å². The molecule has 0 saturated heterocycles. The predicted octanol–water partition coefficient (Wildman–Crippen LogP) is 4.65. The Morgan fingerprint density at radius 1 is 1.13 bits per heavy atom. The number of hydrogen-bond donors (Lipinski definition) is 1. The van der Waals surface area contributed by atoms with Gasteiger partial charge in [-0.05, 0) is 55.0 Å². The van der Waals surface area contributed by atoms with Gasteiger partial charge in [-0.25, -0.2) is 9.97 Å². The summed E-state index contributed by atoms with van der Waals surface area (Å²) in [6, 6.07) is 10.8. The van der Waals surface area contributed by atoms with E-state index in [4.69, 9.17) is 0 Å². The monoisotopic (exact) mass is 419 g/mol. The van der Waals surface area contributed by atoms with Crippen LogP contribution in [0.3, 0.4) is 0 Å². The summed E-state index contributed by atoms with van der Waals surface area (Å²) in [5.74, 6) is -0.723. The molecule has 6 nitrogen and oxygen atoms in total. The van der Waals surface area contributed by atoms with Crippen LogP contribution < -0.4 is 5.32 Å². The molecule has 4 aromatic heterocycles. The first kappa shape index (κ1) is 19.7. The van der Waals surface area contributed by atoms with E-state index in [1.54, 1.807) is 49.7 Å². The first-order valence-corrected chi connectivity index (χ1v) is 10.1. The molecule has 8 heteroatoms. The largest absolute Gasteiger partial charge is 0.339 e. The first-order chi connectivity index (χ1) is 14.6. The van der Waals surface area contributed by atoms with Gasteiger partial charge in [-0.15, -0.1) is 11.3 Å². The number of carbonyl (C=O) groups excluding carboxylic acids is 1. The van der Waals surface area contributed by atoms with Crippen LogP contribution >= 0.6 is 11.3 Å². The van der Waals surface area contributed by atoms with E-state index < -0.39 is 5.95 Å². The quantitative estimate of drug-likeness (QED) is 0.462. The lowest BCUT2D eigenvalue weighted by atomic mass is 10.2. The Bertz CT molecular complexity index is 1200. The van der Waals surface area contributed by atoms with Crippen LogP contribution in [0.25, 0.3) is 12.2 Å². The fourth-order valence-electron chi connectivity index (χ4n) is 2.81. The van der Waals surface area contributed by atoms with Crippen molar-refractivity contribution in [1.82, 2.24) is 19.5 Å². The number of amides is 1. The van der Waals surface area contributed by atoms with Gasteiger partial charge in [0.15, 0.2) is 5.13 Å². The van der Waals surface area contributed by atoms with Crippen LogP contribution in [-0.4, -0.2) is 25.4 Å². The zero-order valence-electron chi connectivity index (χ0n) is 16.1. The van der Waals surface area contributed by atoms with Gasteiger partial charge < -0.3 is 4.57 Å². The molecule has 0 aliphatic rings. The molecule has 0 aliphatic heterocycles. The van der Waals surface area contributed by atoms with Crippen molar-refractivity contribution in [2.75, 3.05) is 5.32 Å². The predicted molar refractivity (Wildman–Crippen MR) is 116 cm³/mol. The highest BCUT2D eigenvalue weighted by Gasteiger charge is 2.13. The molecule has 4 aromatic rings. The van der Waals surface area contributed by atoms with Crippen molar-refractivity contribution < 1.29 is 9.18 Å². The fourth-order valence-corrected chi connectivity index (χ4v) is 3.48. The number of anilines is 1. The molecule has 0 spiro atoms. The number of halogens is 1. The average Bonchev–Trinajstić information content (AvgIpc) is 3.39. The van der Waals surface area contributed by atoms with Crippen molar-refractivity contribution in [3.63, 3.8) is 0 Å². The molecule has 0 radical (unpaired) electrons. The molecule has 0 bridgehead atoms. The molecule has 1 amide bonds. The number of pyridine rings is 2. The summed E-state index contributed by atoms with van der Waals surface area (Å²) in [6.07, 6.45) is 8.73. The summed E-state index contributed by atoms with van der Waals surface area (Å²) in [5, 5.41) is 5.13. The highest BCUT2D eigenvalue weighted by atomic mass is 32.1. The second kappa shape index (κ2) is 8.79. The summed E-state index contributed by atoms with van der Waals surface area (Å²) in [6.45, 7) is 2.24. The SMILES string of the molecule is Cc1ccc(/C=C/c2csc(NC(=O)c3cccn3Cc3ccncc3)n2)nc1F. The van der Waals surface area contributed by atoms with Gasteiger partial charge in [0.1, 0.15) is 5.69 Å². The molecule has 4 heterocycles. The van der Waals surface area contributed by atoms with E-state index >= 15 is 0 Å². The number of aryl methyl sites for hydroxylation is 1. The van der Waals surface area contributed by atoms with Gasteiger partial charge in [0, 0.05) is 36.1 Å². The lowest BCUT2D eigenvalue weighted by molar-refractivity contribution is 0.101. The molecular formula is C22H18FN5OS. The van der Waals surface area contributed by atoms with Crippen LogP contribution in [0.1, 0.15) is 33.0 Å². The minimum Gasteiger partial charge on any atom is -0.339 e. The van der Waals surface area contributed by atoms with Crippen LogP contribution in [0.4, 0.5) is 9.52 Å². The van der Waals surface area contributed by atoms with Crippen LogP contribution in [0.2, 0.25) is 0 Å². The second-order valence-electron chi connectivity index (χ2n) is 6.59. The lowest BCUT2D eigenvalue weighted by Crippen LogP contribution is -2.17. The van der Waals surface area contributed by atoms with Crippen molar-refractivity contribution in [2.45, 2.75) is 13.5 Å². The third-order valence-electron chi connectivity index (χ3n) is 4.39. The maximum Gasteiger partial charge on any atom is 0.274 e. The van der Waals surface area contributed by atoms with Crippen LogP contribution in [0, 0.1) is 12.9 Å². The standard InChI is InChI=1S/C22H18FN5OS/c1-15-4-5-17(25-20(15)23)6-7-18-14-30-22(26-18)27-21(29)19-3-2-12-28(19)13-16-8-10-24-11-9-16/h2-12,14H,13H2,1H3,(H,26,27,29)/b7-6+. The Balaban J connectivity index is 1.43. The molecule has 0 atom stereocenters. The Kier molecular flexibility index (Phi) is 5.76. The third-order valence-corrected chi connectivity index (χ3v) is 5.16. The summed E-state index contributed by atoms with van der Waals surface area (Å²) in [5.41, 5.74) is 3.26. The summed E-state index contributed by atoms with van der Waals surface area (Å²) < 4.78 is 15.4. The van der Waals surface area contributed by atoms with Gasteiger partial charge in [0.05, 0.1) is 11.4 Å². The number of rotatable bonds is 6. The van der Waals surface area contributed by atoms with Gasteiger partial charge in [0.25, 0.3) is 5.91 Å². The Hall–Kier alpha value is -3.65. The van der Waals surface area contributed by atoms with Gasteiger partial charge >= 0.3 is 0 Å². The number of aromatic nitrogens is 4. The maximum absolute atomic E-state index is 13.5. The van der Waals surface area contributed by atoms with Gasteiger partial charge in [-0.1, -0.05) is 6.07 Å². The Morgan fingerprint density at radius 2 is 1.93 bits per heavy atom.